The van der Waals surface area contributed by atoms with Crippen LogP contribution in [0.2, 0.25) is 0 Å². The number of nitrogens with zero attached hydrogens (tertiary/aromatic N) is 1. The Morgan fingerprint density at radius 3 is 1.31 bits per heavy atom. The van der Waals surface area contributed by atoms with Crippen molar-refractivity contribution < 1.29 is 38.1 Å². The van der Waals surface area contributed by atoms with Gasteiger partial charge in [-0.05, 0) is 121 Å². The van der Waals surface area contributed by atoms with E-state index in [4.69, 9.17) is 18.9 Å². The van der Waals surface area contributed by atoms with Crippen LogP contribution < -0.4 is 5.32 Å². The quantitative estimate of drug-likeness (QED) is 0.0351. The van der Waals surface area contributed by atoms with Gasteiger partial charge in [-0.3, -0.25) is 24.1 Å². The number of ether oxygens (including phenoxy) is 4. The van der Waals surface area contributed by atoms with Crippen LogP contribution in [0.15, 0.2) is 48.5 Å². The first kappa shape index (κ1) is 55.6. The molecule has 2 aromatic rings. The molecule has 65 heavy (non-hydrogen) atoms. The predicted octanol–water partition coefficient (Wildman–Crippen LogP) is 11.8. The molecule has 4 rings (SSSR count). The second-order valence-corrected chi connectivity index (χ2v) is 18.6. The van der Waals surface area contributed by atoms with E-state index in [1.165, 1.54) is 112 Å². The highest BCUT2D eigenvalue weighted by atomic mass is 16.6. The molecular weight excluding hydrogens is 817 g/mol. The van der Waals surface area contributed by atoms with Crippen LogP contribution in [0.4, 0.5) is 0 Å². The number of carbonyl (C=O) groups excluding carboxylic acids is 4. The molecule has 0 heterocycles. The topological polar surface area (TPSA) is 120 Å². The molecule has 1 N–H and O–H groups in total. The molecule has 0 amide bonds. The summed E-state index contributed by atoms with van der Waals surface area (Å²) in [5, 5.41) is 3.53. The minimum absolute atomic E-state index is 0.0937. The summed E-state index contributed by atoms with van der Waals surface area (Å²) < 4.78 is 21.0. The Balaban J connectivity index is 0.000000345. The van der Waals surface area contributed by atoms with E-state index in [0.717, 1.165) is 38.8 Å². The van der Waals surface area contributed by atoms with Crippen molar-refractivity contribution in [2.75, 3.05) is 33.5 Å². The Hall–Kier alpha value is -3.76. The van der Waals surface area contributed by atoms with Crippen molar-refractivity contribution in [1.29, 1.82) is 0 Å². The maximum atomic E-state index is 12.7. The van der Waals surface area contributed by atoms with Gasteiger partial charge in [0.15, 0.2) is 10.8 Å². The van der Waals surface area contributed by atoms with E-state index in [9.17, 15) is 19.2 Å². The van der Waals surface area contributed by atoms with Gasteiger partial charge in [0.2, 0.25) is 0 Å². The number of carbonyl (C=O) groups is 4. The average molecular weight is 905 g/mol. The number of nitrogens with one attached hydrogen (secondary N) is 1. The number of esters is 4. The van der Waals surface area contributed by atoms with E-state index in [1.54, 1.807) is 27.7 Å². The minimum atomic E-state index is -1.16. The van der Waals surface area contributed by atoms with Crippen LogP contribution in [-0.2, 0) is 64.1 Å². The lowest BCUT2D eigenvalue weighted by atomic mass is 9.86. The molecule has 0 spiro atoms. The molecule has 2 aliphatic carbocycles. The molecule has 0 radical (unpaired) electrons. The van der Waals surface area contributed by atoms with Crippen LogP contribution >= 0.6 is 0 Å². The van der Waals surface area contributed by atoms with Crippen LogP contribution in [0.3, 0.4) is 0 Å². The van der Waals surface area contributed by atoms with Gasteiger partial charge >= 0.3 is 23.9 Å². The van der Waals surface area contributed by atoms with Gasteiger partial charge in [0, 0.05) is 25.2 Å². The molecule has 2 aromatic carbocycles. The second kappa shape index (κ2) is 31.3. The lowest BCUT2D eigenvalue weighted by Crippen LogP contribution is -2.42. The van der Waals surface area contributed by atoms with Crippen LogP contribution in [0.1, 0.15) is 192 Å². The number of benzene rings is 2. The highest BCUT2D eigenvalue weighted by Gasteiger charge is 2.55. The van der Waals surface area contributed by atoms with Crippen molar-refractivity contribution in [3.8, 4) is 0 Å². The third-order valence-electron chi connectivity index (χ3n) is 13.5. The van der Waals surface area contributed by atoms with Crippen molar-refractivity contribution >= 4 is 23.9 Å². The van der Waals surface area contributed by atoms with Gasteiger partial charge < -0.3 is 24.3 Å². The molecule has 10 heteroatoms. The molecule has 2 aliphatic rings. The highest BCUT2D eigenvalue weighted by Crippen LogP contribution is 2.43. The van der Waals surface area contributed by atoms with Crippen molar-refractivity contribution in [3.63, 3.8) is 0 Å². The fraction of sp³-hybridized carbons (Fsp3) is 0.709. The van der Waals surface area contributed by atoms with Gasteiger partial charge in [0.1, 0.15) is 0 Å². The maximum Gasteiger partial charge on any atom is 0.323 e. The number of hydrogen-bond acceptors (Lipinski definition) is 10. The standard InChI is InChI=1S/C28H45NO4.C27H43NO4/c1-5-8-9-10-11-12-13-14-23-15-17-24(18-16-23)22-29(4)25-19-20-28(21-25,26(30)32-6-2)27(31)33-7-3;1-4-7-8-9-10-11-12-13-22-14-16-23(17-15-22)21-28-24-18-19-27(20-24,25(29)31-5-2)26(30)32-6-3/h15-18,25H,5-14,19-22H2,1-4H3;14-17,24,28H,4-13,18-21H2,1-3H3. The van der Waals surface area contributed by atoms with E-state index < -0.39 is 34.7 Å². The van der Waals surface area contributed by atoms with E-state index in [1.807, 2.05) is 0 Å². The summed E-state index contributed by atoms with van der Waals surface area (Å²) in [5.74, 6) is -1.77. The first-order chi connectivity index (χ1) is 31.5. The van der Waals surface area contributed by atoms with Gasteiger partial charge in [0.25, 0.3) is 0 Å². The van der Waals surface area contributed by atoms with E-state index in [-0.39, 0.29) is 38.5 Å². The normalized spacial score (nSPS) is 17.3. The summed E-state index contributed by atoms with van der Waals surface area (Å²) >= 11 is 0. The molecule has 0 saturated heterocycles. The number of hydrogen-bond donors (Lipinski definition) is 1. The third kappa shape index (κ3) is 18.4. The largest absolute Gasteiger partial charge is 0.465 e. The predicted molar refractivity (Wildman–Crippen MR) is 261 cm³/mol. The zero-order valence-corrected chi connectivity index (χ0v) is 41.8. The maximum absolute atomic E-state index is 12.7. The number of rotatable bonds is 30. The SMILES string of the molecule is CCCCCCCCCc1ccc(CN(C)C2CCC(C(=O)OCC)(C(=O)OCC)C2)cc1.CCCCCCCCCc1ccc(CNC2CCC(C(=O)OCC)(C(=O)OCC)C2)cc1. The molecule has 0 bridgehead atoms. The Morgan fingerprint density at radius 2 is 0.877 bits per heavy atom. The molecule has 0 aliphatic heterocycles. The Morgan fingerprint density at radius 1 is 0.508 bits per heavy atom. The van der Waals surface area contributed by atoms with E-state index >= 15 is 0 Å². The molecular formula is C55H88N2O8. The zero-order valence-electron chi connectivity index (χ0n) is 41.8. The van der Waals surface area contributed by atoms with Crippen LogP contribution in [0, 0.1) is 10.8 Å². The van der Waals surface area contributed by atoms with Crippen molar-refractivity contribution in [1.82, 2.24) is 10.2 Å². The van der Waals surface area contributed by atoms with Gasteiger partial charge in [-0.1, -0.05) is 139 Å². The van der Waals surface area contributed by atoms with Crippen LogP contribution in [-0.4, -0.2) is 74.3 Å². The fourth-order valence-corrected chi connectivity index (χ4v) is 9.49. The third-order valence-corrected chi connectivity index (χ3v) is 13.5. The Labute approximate surface area is 394 Å². The number of unbranched alkanes of at least 4 members (excludes halogenated alkanes) is 12. The van der Waals surface area contributed by atoms with Crippen LogP contribution in [0.5, 0.6) is 0 Å². The minimum Gasteiger partial charge on any atom is -0.465 e. The fourth-order valence-electron chi connectivity index (χ4n) is 9.49. The van der Waals surface area contributed by atoms with Crippen molar-refractivity contribution in [3.05, 3.63) is 70.8 Å². The zero-order chi connectivity index (χ0) is 47.3. The van der Waals surface area contributed by atoms with Crippen molar-refractivity contribution in [2.24, 2.45) is 10.8 Å². The van der Waals surface area contributed by atoms with Crippen LogP contribution in [0.25, 0.3) is 0 Å². The molecule has 0 aromatic heterocycles. The van der Waals surface area contributed by atoms with Gasteiger partial charge in [-0.2, -0.15) is 0 Å². The summed E-state index contributed by atoms with van der Waals surface area (Å²) in [7, 11) is 2.07. The summed E-state index contributed by atoms with van der Waals surface area (Å²) in [5.41, 5.74) is 2.95. The van der Waals surface area contributed by atoms with Crippen molar-refractivity contribution in [2.45, 2.75) is 208 Å². The summed E-state index contributed by atoms with van der Waals surface area (Å²) in [6.45, 7) is 14.2. The first-order valence-electron chi connectivity index (χ1n) is 25.8. The Kier molecular flexibility index (Phi) is 26.7. The molecule has 366 valence electrons. The first-order valence-corrected chi connectivity index (χ1v) is 25.8. The van der Waals surface area contributed by atoms with E-state index in [2.05, 4.69) is 79.6 Å². The molecule has 10 nitrogen and oxygen atoms in total. The second-order valence-electron chi connectivity index (χ2n) is 18.6. The summed E-state index contributed by atoms with van der Waals surface area (Å²) in [4.78, 5) is 52.7. The molecule has 2 fully saturated rings. The average Bonchev–Trinajstić information content (AvgIpc) is 3.97. The highest BCUT2D eigenvalue weighted by molar-refractivity contribution is 6.01. The van der Waals surface area contributed by atoms with Gasteiger partial charge in [-0.15, -0.1) is 0 Å². The van der Waals surface area contributed by atoms with Gasteiger partial charge in [-0.25, -0.2) is 0 Å². The molecule has 2 unspecified atom stereocenters. The number of aryl methyl sites for hydroxylation is 2. The van der Waals surface area contributed by atoms with Gasteiger partial charge in [0.05, 0.1) is 26.4 Å². The molecule has 2 atom stereocenters. The summed E-state index contributed by atoms with van der Waals surface area (Å²) in [6.07, 6.45) is 24.4. The lowest BCUT2D eigenvalue weighted by Gasteiger charge is -2.28. The molecule has 2 saturated carbocycles. The van der Waals surface area contributed by atoms with E-state index in [0.29, 0.717) is 25.7 Å². The smallest absolute Gasteiger partial charge is 0.323 e. The summed E-state index contributed by atoms with van der Waals surface area (Å²) in [6, 6.07) is 18.0. The monoisotopic (exact) mass is 905 g/mol. The lowest BCUT2D eigenvalue weighted by molar-refractivity contribution is -0.173. The Bertz CT molecular complexity index is 1610.